The zero-order chi connectivity index (χ0) is 18.6. The van der Waals surface area contributed by atoms with Gasteiger partial charge in [-0.3, -0.25) is 14.9 Å². The fourth-order valence-electron chi connectivity index (χ4n) is 2.31. The number of rotatable bonds is 6. The summed E-state index contributed by atoms with van der Waals surface area (Å²) in [5.41, 5.74) is 0.435. The Kier molecular flexibility index (Phi) is 5.97. The summed E-state index contributed by atoms with van der Waals surface area (Å²) in [7, 11) is 2.77. The molecule has 132 valence electrons. The topological polar surface area (TPSA) is 90.7 Å². The summed E-state index contributed by atoms with van der Waals surface area (Å²) in [5, 5.41) is 14.1. The highest BCUT2D eigenvalue weighted by atomic mass is 79.9. The van der Waals surface area contributed by atoms with Gasteiger partial charge in [0.15, 0.2) is 11.5 Å². The molecule has 0 spiro atoms. The fraction of sp³-hybridized carbons (Fsp3) is 0.235. The second-order valence-electron chi connectivity index (χ2n) is 5.23. The standard InChI is InChI=1S/C17H17BrN2O5/c1-10(11-4-6-12(18)7-5-11)19-17(21)13-8-15(24-2)16(25-3)9-14(13)20(22)23/h4-10H,1-3H3,(H,19,21). The Morgan fingerprint density at radius 3 is 2.24 bits per heavy atom. The maximum absolute atomic E-state index is 12.6. The van der Waals surface area contributed by atoms with E-state index in [1.54, 1.807) is 6.92 Å². The van der Waals surface area contributed by atoms with Gasteiger partial charge in [-0.15, -0.1) is 0 Å². The van der Waals surface area contributed by atoms with Crippen LogP contribution in [0.15, 0.2) is 40.9 Å². The number of carbonyl (C=O) groups is 1. The summed E-state index contributed by atoms with van der Waals surface area (Å²) < 4.78 is 11.1. The van der Waals surface area contributed by atoms with E-state index in [9.17, 15) is 14.9 Å². The van der Waals surface area contributed by atoms with Crippen LogP contribution in [0.1, 0.15) is 28.9 Å². The lowest BCUT2D eigenvalue weighted by atomic mass is 10.1. The molecule has 0 aromatic heterocycles. The number of nitro groups is 1. The van der Waals surface area contributed by atoms with E-state index in [2.05, 4.69) is 21.2 Å². The summed E-state index contributed by atoms with van der Waals surface area (Å²) in [4.78, 5) is 23.3. The molecule has 0 saturated heterocycles. The van der Waals surface area contributed by atoms with Crippen LogP contribution < -0.4 is 14.8 Å². The molecule has 25 heavy (non-hydrogen) atoms. The molecule has 1 atom stereocenters. The fourth-order valence-corrected chi connectivity index (χ4v) is 2.57. The first kappa shape index (κ1) is 18.7. The van der Waals surface area contributed by atoms with Gasteiger partial charge < -0.3 is 14.8 Å². The number of carbonyl (C=O) groups excluding carboxylic acids is 1. The van der Waals surface area contributed by atoms with Crippen molar-refractivity contribution in [2.45, 2.75) is 13.0 Å². The third kappa shape index (κ3) is 4.27. The first-order valence-electron chi connectivity index (χ1n) is 7.34. The van der Waals surface area contributed by atoms with Crippen molar-refractivity contribution in [1.82, 2.24) is 5.32 Å². The van der Waals surface area contributed by atoms with Crippen LogP contribution >= 0.6 is 15.9 Å². The number of benzene rings is 2. The molecule has 2 aromatic rings. The minimum atomic E-state index is -0.624. The third-order valence-corrected chi connectivity index (χ3v) is 4.19. The first-order valence-corrected chi connectivity index (χ1v) is 8.13. The average molecular weight is 409 g/mol. The zero-order valence-electron chi connectivity index (χ0n) is 13.9. The quantitative estimate of drug-likeness (QED) is 0.578. The molecule has 0 aliphatic rings. The van der Waals surface area contributed by atoms with Crippen LogP contribution in [-0.4, -0.2) is 25.1 Å². The summed E-state index contributed by atoms with van der Waals surface area (Å²) in [6, 6.07) is 9.59. The monoisotopic (exact) mass is 408 g/mol. The second kappa shape index (κ2) is 7.98. The molecule has 1 amide bonds. The maximum Gasteiger partial charge on any atom is 0.286 e. The molecule has 7 nitrogen and oxygen atoms in total. The van der Waals surface area contributed by atoms with Crippen molar-refractivity contribution in [3.8, 4) is 11.5 Å². The van der Waals surface area contributed by atoms with Crippen LogP contribution in [-0.2, 0) is 0 Å². The molecule has 1 N–H and O–H groups in total. The molecule has 2 aromatic carbocycles. The van der Waals surface area contributed by atoms with Crippen LogP contribution in [0.5, 0.6) is 11.5 Å². The van der Waals surface area contributed by atoms with Crippen LogP contribution in [0.3, 0.4) is 0 Å². The van der Waals surface area contributed by atoms with Crippen LogP contribution in [0, 0.1) is 10.1 Å². The average Bonchev–Trinajstić information content (AvgIpc) is 2.60. The van der Waals surface area contributed by atoms with Gasteiger partial charge in [0.2, 0.25) is 0 Å². The van der Waals surface area contributed by atoms with E-state index in [1.165, 1.54) is 26.4 Å². The van der Waals surface area contributed by atoms with Crippen molar-refractivity contribution >= 4 is 27.5 Å². The minimum Gasteiger partial charge on any atom is -0.493 e. The van der Waals surface area contributed by atoms with Crippen LogP contribution in [0.2, 0.25) is 0 Å². The number of hydrogen-bond donors (Lipinski definition) is 1. The Balaban J connectivity index is 2.34. The van der Waals surface area contributed by atoms with Crippen molar-refractivity contribution in [2.75, 3.05) is 14.2 Å². The van der Waals surface area contributed by atoms with Crippen molar-refractivity contribution in [3.63, 3.8) is 0 Å². The van der Waals surface area contributed by atoms with E-state index in [4.69, 9.17) is 9.47 Å². The molecule has 0 fully saturated rings. The molecule has 2 rings (SSSR count). The van der Waals surface area contributed by atoms with Crippen molar-refractivity contribution in [1.29, 1.82) is 0 Å². The van der Waals surface area contributed by atoms with Gasteiger partial charge >= 0.3 is 0 Å². The summed E-state index contributed by atoms with van der Waals surface area (Å²) >= 11 is 3.35. The molecular weight excluding hydrogens is 392 g/mol. The predicted octanol–water partition coefficient (Wildman–Crippen LogP) is 3.87. The highest BCUT2D eigenvalue weighted by molar-refractivity contribution is 9.10. The van der Waals surface area contributed by atoms with E-state index in [0.29, 0.717) is 0 Å². The number of amides is 1. The van der Waals surface area contributed by atoms with E-state index < -0.39 is 10.8 Å². The lowest BCUT2D eigenvalue weighted by Gasteiger charge is -2.15. The largest absolute Gasteiger partial charge is 0.493 e. The molecular formula is C17H17BrN2O5. The molecule has 0 aliphatic heterocycles. The smallest absolute Gasteiger partial charge is 0.286 e. The number of nitrogens with one attached hydrogen (secondary N) is 1. The molecule has 0 heterocycles. The van der Waals surface area contributed by atoms with Gasteiger partial charge in [0, 0.05) is 10.5 Å². The van der Waals surface area contributed by atoms with Gasteiger partial charge in [0.25, 0.3) is 11.6 Å². The van der Waals surface area contributed by atoms with Crippen LogP contribution in [0.25, 0.3) is 0 Å². The Labute approximate surface area is 153 Å². The van der Waals surface area contributed by atoms with Gasteiger partial charge in [-0.05, 0) is 24.6 Å². The highest BCUT2D eigenvalue weighted by Crippen LogP contribution is 2.34. The van der Waals surface area contributed by atoms with Crippen molar-refractivity contribution in [2.24, 2.45) is 0 Å². The number of nitro benzene ring substituents is 1. The number of methoxy groups -OCH3 is 2. The molecule has 0 saturated carbocycles. The van der Waals surface area contributed by atoms with Crippen LogP contribution in [0.4, 0.5) is 5.69 Å². The maximum atomic E-state index is 12.6. The van der Waals surface area contributed by atoms with Gasteiger partial charge in [-0.1, -0.05) is 28.1 Å². The lowest BCUT2D eigenvalue weighted by molar-refractivity contribution is -0.385. The normalized spacial score (nSPS) is 11.5. The molecule has 0 aliphatic carbocycles. The third-order valence-electron chi connectivity index (χ3n) is 3.66. The highest BCUT2D eigenvalue weighted by Gasteiger charge is 2.25. The van der Waals surface area contributed by atoms with Gasteiger partial charge in [-0.25, -0.2) is 0 Å². The Bertz CT molecular complexity index is 792. The van der Waals surface area contributed by atoms with E-state index >= 15 is 0 Å². The van der Waals surface area contributed by atoms with E-state index in [-0.39, 0.29) is 28.8 Å². The summed E-state index contributed by atoms with van der Waals surface area (Å²) in [5.74, 6) is -0.135. The molecule has 0 bridgehead atoms. The summed E-state index contributed by atoms with van der Waals surface area (Å²) in [6.45, 7) is 1.80. The zero-order valence-corrected chi connectivity index (χ0v) is 15.5. The minimum absolute atomic E-state index is 0.0911. The van der Waals surface area contributed by atoms with Crippen molar-refractivity contribution in [3.05, 3.63) is 62.1 Å². The molecule has 0 radical (unpaired) electrons. The lowest BCUT2D eigenvalue weighted by Crippen LogP contribution is -2.27. The Hall–Kier alpha value is -2.61. The Morgan fingerprint density at radius 1 is 1.16 bits per heavy atom. The van der Waals surface area contributed by atoms with Gasteiger partial charge in [-0.2, -0.15) is 0 Å². The van der Waals surface area contributed by atoms with Crippen molar-refractivity contribution < 1.29 is 19.2 Å². The number of halogens is 1. The summed E-state index contributed by atoms with van der Waals surface area (Å²) in [6.07, 6.45) is 0. The Morgan fingerprint density at radius 2 is 1.72 bits per heavy atom. The van der Waals surface area contributed by atoms with Gasteiger partial charge in [0.05, 0.1) is 31.3 Å². The van der Waals surface area contributed by atoms with E-state index in [0.717, 1.165) is 10.0 Å². The molecule has 1 unspecified atom stereocenters. The number of hydrogen-bond acceptors (Lipinski definition) is 5. The first-order chi connectivity index (χ1) is 11.9. The SMILES string of the molecule is COc1cc(C(=O)NC(C)c2ccc(Br)cc2)c([N+](=O)[O-])cc1OC. The second-order valence-corrected chi connectivity index (χ2v) is 6.14. The number of nitrogens with zero attached hydrogens (tertiary/aromatic N) is 1. The predicted molar refractivity (Wildman–Crippen MR) is 96.2 cm³/mol. The molecule has 8 heteroatoms. The van der Waals surface area contributed by atoms with Gasteiger partial charge in [0.1, 0.15) is 5.56 Å². The van der Waals surface area contributed by atoms with E-state index in [1.807, 2.05) is 24.3 Å². The number of ether oxygens (including phenoxy) is 2.